The molecule has 1 amide bonds. The van der Waals surface area contributed by atoms with Crippen molar-refractivity contribution in [1.29, 1.82) is 0 Å². The standard InChI is InChI=1S/C23H19F2N3O2S/c1-15-10-22(27-28(15)12-17-6-2-3-7-18(17)24)26-23(29)21-11-16(14-31-21)13-30-20-9-5-4-8-19(20)25/h2-11,14H,12-13H2,1H3,(H,26,27,29). The number of carbonyl (C=O) groups excluding carboxylic acids is 1. The first-order chi connectivity index (χ1) is 15.0. The van der Waals surface area contributed by atoms with Crippen molar-refractivity contribution in [3.63, 3.8) is 0 Å². The lowest BCUT2D eigenvalue weighted by Gasteiger charge is -2.05. The maximum Gasteiger partial charge on any atom is 0.266 e. The first kappa shape index (κ1) is 20.7. The Kier molecular flexibility index (Phi) is 6.08. The monoisotopic (exact) mass is 439 g/mol. The lowest BCUT2D eigenvalue weighted by Crippen LogP contribution is -2.12. The van der Waals surface area contributed by atoms with Crippen LogP contribution in [0.15, 0.2) is 66.0 Å². The van der Waals surface area contributed by atoms with E-state index in [2.05, 4.69) is 10.4 Å². The van der Waals surface area contributed by atoms with Gasteiger partial charge in [0.15, 0.2) is 17.4 Å². The van der Waals surface area contributed by atoms with Gasteiger partial charge >= 0.3 is 0 Å². The number of halogens is 2. The summed E-state index contributed by atoms with van der Waals surface area (Å²) >= 11 is 1.26. The van der Waals surface area contributed by atoms with E-state index in [0.29, 0.717) is 16.3 Å². The average Bonchev–Trinajstić information content (AvgIpc) is 3.36. The van der Waals surface area contributed by atoms with E-state index in [0.717, 1.165) is 11.3 Å². The Hall–Kier alpha value is -3.52. The summed E-state index contributed by atoms with van der Waals surface area (Å²) in [5, 5.41) is 8.91. The van der Waals surface area contributed by atoms with Gasteiger partial charge in [0, 0.05) is 22.9 Å². The quantitative estimate of drug-likeness (QED) is 0.419. The van der Waals surface area contributed by atoms with Gasteiger partial charge in [-0.05, 0) is 36.6 Å². The highest BCUT2D eigenvalue weighted by atomic mass is 32.1. The number of carbonyl (C=O) groups is 1. The summed E-state index contributed by atoms with van der Waals surface area (Å²) in [5.41, 5.74) is 2.08. The van der Waals surface area contributed by atoms with Gasteiger partial charge in [0.1, 0.15) is 12.4 Å². The maximum atomic E-state index is 13.9. The second-order valence-corrected chi connectivity index (χ2v) is 7.82. The third-order valence-electron chi connectivity index (χ3n) is 4.61. The van der Waals surface area contributed by atoms with Crippen LogP contribution in [-0.2, 0) is 13.2 Å². The second kappa shape index (κ2) is 9.09. The number of aromatic nitrogens is 2. The van der Waals surface area contributed by atoms with Crippen LogP contribution < -0.4 is 10.1 Å². The lowest BCUT2D eigenvalue weighted by atomic mass is 10.2. The van der Waals surface area contributed by atoms with Crippen LogP contribution in [0.2, 0.25) is 0 Å². The van der Waals surface area contributed by atoms with Gasteiger partial charge in [0.2, 0.25) is 0 Å². The fourth-order valence-electron chi connectivity index (χ4n) is 2.99. The predicted octanol–water partition coefficient (Wildman–Crippen LogP) is 5.41. The Labute approximate surface area is 181 Å². The molecule has 2 aromatic carbocycles. The smallest absolute Gasteiger partial charge is 0.266 e. The number of hydrogen-bond acceptors (Lipinski definition) is 4. The lowest BCUT2D eigenvalue weighted by molar-refractivity contribution is 0.103. The molecule has 0 saturated carbocycles. The van der Waals surface area contributed by atoms with Crippen LogP contribution in [0.4, 0.5) is 14.6 Å². The van der Waals surface area contributed by atoms with Crippen molar-refractivity contribution in [2.45, 2.75) is 20.1 Å². The van der Waals surface area contributed by atoms with E-state index in [9.17, 15) is 13.6 Å². The van der Waals surface area contributed by atoms with E-state index in [1.165, 1.54) is 23.5 Å². The third-order valence-corrected chi connectivity index (χ3v) is 5.59. The van der Waals surface area contributed by atoms with E-state index in [4.69, 9.17) is 4.74 Å². The van der Waals surface area contributed by atoms with Gasteiger partial charge < -0.3 is 10.1 Å². The molecular formula is C23H19F2N3O2S. The number of ether oxygens (including phenoxy) is 1. The zero-order valence-corrected chi connectivity index (χ0v) is 17.5. The predicted molar refractivity (Wildman–Crippen MR) is 115 cm³/mol. The number of thiophene rings is 1. The van der Waals surface area contributed by atoms with Crippen molar-refractivity contribution in [1.82, 2.24) is 9.78 Å². The van der Waals surface area contributed by atoms with Crippen molar-refractivity contribution in [2.24, 2.45) is 0 Å². The van der Waals surface area contributed by atoms with Crippen molar-refractivity contribution >= 4 is 23.1 Å². The van der Waals surface area contributed by atoms with E-state index in [1.54, 1.807) is 58.6 Å². The molecule has 2 aromatic heterocycles. The molecule has 0 spiro atoms. The summed E-state index contributed by atoms with van der Waals surface area (Å²) in [6.45, 7) is 2.26. The summed E-state index contributed by atoms with van der Waals surface area (Å²) in [5.74, 6) is -0.492. The topological polar surface area (TPSA) is 56.1 Å². The number of nitrogens with one attached hydrogen (secondary N) is 1. The maximum absolute atomic E-state index is 13.9. The molecule has 1 N–H and O–H groups in total. The first-order valence-electron chi connectivity index (χ1n) is 9.53. The minimum absolute atomic E-state index is 0.154. The molecule has 0 atom stereocenters. The molecule has 158 valence electrons. The number of amides is 1. The molecule has 0 unspecified atom stereocenters. The van der Waals surface area contributed by atoms with Crippen LogP contribution in [0.3, 0.4) is 0 Å². The first-order valence-corrected chi connectivity index (χ1v) is 10.4. The van der Waals surface area contributed by atoms with Gasteiger partial charge in [-0.25, -0.2) is 8.78 Å². The fourth-order valence-corrected chi connectivity index (χ4v) is 3.78. The van der Waals surface area contributed by atoms with Gasteiger partial charge in [-0.15, -0.1) is 11.3 Å². The molecule has 0 aliphatic rings. The Balaban J connectivity index is 1.39. The van der Waals surface area contributed by atoms with Gasteiger partial charge in [0.05, 0.1) is 11.4 Å². The molecule has 0 fully saturated rings. The summed E-state index contributed by atoms with van der Waals surface area (Å²) in [6.07, 6.45) is 0. The molecule has 31 heavy (non-hydrogen) atoms. The highest BCUT2D eigenvalue weighted by Gasteiger charge is 2.14. The van der Waals surface area contributed by atoms with Gasteiger partial charge in [0.25, 0.3) is 5.91 Å². The molecule has 2 heterocycles. The van der Waals surface area contributed by atoms with E-state index >= 15 is 0 Å². The highest BCUT2D eigenvalue weighted by Crippen LogP contribution is 2.21. The Bertz CT molecular complexity index is 1220. The zero-order valence-electron chi connectivity index (χ0n) is 16.6. The molecular weight excluding hydrogens is 420 g/mol. The van der Waals surface area contributed by atoms with Crippen LogP contribution in [0.25, 0.3) is 0 Å². The van der Waals surface area contributed by atoms with Crippen molar-refractivity contribution in [3.05, 3.63) is 99.4 Å². The molecule has 0 aliphatic heterocycles. The number of nitrogens with zero attached hydrogens (tertiary/aromatic N) is 2. The molecule has 0 radical (unpaired) electrons. The fraction of sp³-hybridized carbons (Fsp3) is 0.130. The Morgan fingerprint density at radius 3 is 2.61 bits per heavy atom. The molecule has 0 saturated heterocycles. The van der Waals surface area contributed by atoms with Crippen LogP contribution in [0, 0.1) is 18.6 Å². The van der Waals surface area contributed by atoms with E-state index < -0.39 is 5.82 Å². The van der Waals surface area contributed by atoms with Crippen LogP contribution in [-0.4, -0.2) is 15.7 Å². The number of hydrogen-bond donors (Lipinski definition) is 1. The van der Waals surface area contributed by atoms with Crippen LogP contribution in [0.1, 0.15) is 26.5 Å². The Morgan fingerprint density at radius 2 is 1.84 bits per heavy atom. The minimum Gasteiger partial charge on any atom is -0.486 e. The normalized spacial score (nSPS) is 10.8. The molecule has 5 nitrogen and oxygen atoms in total. The summed E-state index contributed by atoms with van der Waals surface area (Å²) in [4.78, 5) is 13.1. The Morgan fingerprint density at radius 1 is 1.10 bits per heavy atom. The SMILES string of the molecule is Cc1cc(NC(=O)c2cc(COc3ccccc3F)cs2)nn1Cc1ccccc1F. The molecule has 0 aliphatic carbocycles. The van der Waals surface area contributed by atoms with E-state index in [-0.39, 0.29) is 30.6 Å². The summed E-state index contributed by atoms with van der Waals surface area (Å²) in [6, 6.07) is 16.1. The van der Waals surface area contributed by atoms with Crippen molar-refractivity contribution < 1.29 is 18.3 Å². The van der Waals surface area contributed by atoms with Crippen LogP contribution in [0.5, 0.6) is 5.75 Å². The molecule has 4 rings (SSSR count). The number of anilines is 1. The van der Waals surface area contributed by atoms with Crippen LogP contribution >= 0.6 is 11.3 Å². The summed E-state index contributed by atoms with van der Waals surface area (Å²) in [7, 11) is 0. The minimum atomic E-state index is -0.433. The average molecular weight is 439 g/mol. The van der Waals surface area contributed by atoms with Gasteiger partial charge in [-0.3, -0.25) is 9.48 Å². The molecule has 0 bridgehead atoms. The summed E-state index contributed by atoms with van der Waals surface area (Å²) < 4.78 is 34.7. The largest absolute Gasteiger partial charge is 0.486 e. The number of aryl methyl sites for hydroxylation is 1. The third kappa shape index (κ3) is 4.97. The number of benzene rings is 2. The zero-order chi connectivity index (χ0) is 21.8. The molecule has 8 heteroatoms. The van der Waals surface area contributed by atoms with Gasteiger partial charge in [-0.1, -0.05) is 30.3 Å². The van der Waals surface area contributed by atoms with Crippen molar-refractivity contribution in [2.75, 3.05) is 5.32 Å². The second-order valence-electron chi connectivity index (χ2n) is 6.91. The molecule has 4 aromatic rings. The van der Waals surface area contributed by atoms with E-state index in [1.807, 2.05) is 6.92 Å². The number of rotatable bonds is 7. The van der Waals surface area contributed by atoms with Gasteiger partial charge in [-0.2, -0.15) is 5.10 Å². The highest BCUT2D eigenvalue weighted by molar-refractivity contribution is 7.12. The number of para-hydroxylation sites is 1. The van der Waals surface area contributed by atoms with Crippen molar-refractivity contribution in [3.8, 4) is 5.75 Å².